The molecule has 0 saturated carbocycles. The van der Waals surface area contributed by atoms with Crippen LogP contribution in [-0.2, 0) is 25.6 Å². The summed E-state index contributed by atoms with van der Waals surface area (Å²) in [6.45, 7) is 0. The fourth-order valence-electron chi connectivity index (χ4n) is 1.10. The maximum atomic E-state index is 10.3. The summed E-state index contributed by atoms with van der Waals surface area (Å²) in [6, 6.07) is -2.83. The summed E-state index contributed by atoms with van der Waals surface area (Å²) in [5.41, 5.74) is 20.5. The molecule has 12 N–H and O–H groups in total. The zero-order valence-electron chi connectivity index (χ0n) is 14.2. The third kappa shape index (κ3) is 15.3. The van der Waals surface area contributed by atoms with Gasteiger partial charge in [0.25, 0.3) is 0 Å². The zero-order chi connectivity index (χ0) is 21.6. The van der Waals surface area contributed by atoms with Gasteiger partial charge in [0.15, 0.2) is 0 Å². The lowest BCUT2D eigenvalue weighted by Gasteiger charge is -2.02. The second-order valence-electron chi connectivity index (χ2n) is 4.97. The molecular weight excluding hydrogens is 384 g/mol. The molecule has 1 aromatic heterocycles. The number of H-pyrrole nitrogens is 1. The van der Waals surface area contributed by atoms with Crippen LogP contribution >= 0.6 is 12.6 Å². The number of nitrogens with two attached hydrogens (primary N) is 4. The summed E-state index contributed by atoms with van der Waals surface area (Å²) in [7, 11) is 0. The molecule has 1 aromatic rings. The van der Waals surface area contributed by atoms with Crippen LogP contribution < -0.4 is 22.9 Å². The Kier molecular flexibility index (Phi) is 14.2. The monoisotopic (exact) mass is 408 g/mol. The minimum atomic E-state index is -1.21. The maximum absolute atomic E-state index is 10.3. The highest BCUT2D eigenvalue weighted by Gasteiger charge is 2.13. The summed E-state index contributed by atoms with van der Waals surface area (Å²) >= 11 is 3.65. The molecule has 0 aromatic carbocycles. The Balaban J connectivity index is 0. The minimum absolute atomic E-state index is 0.190. The van der Waals surface area contributed by atoms with Gasteiger partial charge < -0.3 is 43.2 Å². The number of hydrogen-bond acceptors (Lipinski definition) is 9. The van der Waals surface area contributed by atoms with E-state index in [4.69, 9.17) is 32.5 Å². The molecule has 0 aliphatic heterocycles. The second-order valence-corrected chi connectivity index (χ2v) is 5.33. The average Bonchev–Trinajstić information content (AvgIpc) is 3.07. The normalized spacial score (nSPS) is 12.9. The van der Waals surface area contributed by atoms with Gasteiger partial charge in [-0.05, 0) is 0 Å². The summed E-state index contributed by atoms with van der Waals surface area (Å²) in [6.07, 6.45) is 3.03. The smallest absolute Gasteiger partial charge is 0.321 e. The minimum Gasteiger partial charge on any atom is -0.480 e. The van der Waals surface area contributed by atoms with Gasteiger partial charge in [-0.2, -0.15) is 12.6 Å². The molecule has 1 heterocycles. The van der Waals surface area contributed by atoms with Crippen LogP contribution in [0.1, 0.15) is 12.1 Å². The number of amides is 1. The van der Waals surface area contributed by atoms with Crippen LogP contribution in [-0.4, -0.2) is 73.0 Å². The fraction of sp³-hybridized carbons (Fsp3) is 0.462. The number of carbonyl (C=O) groups is 4. The predicted octanol–water partition coefficient (Wildman–Crippen LogP) is -3.03. The Bertz CT molecular complexity index is 598. The van der Waals surface area contributed by atoms with Gasteiger partial charge in [-0.15, -0.1) is 0 Å². The van der Waals surface area contributed by atoms with Crippen molar-refractivity contribution in [2.75, 3.05) is 5.75 Å². The Morgan fingerprint density at radius 1 is 1.00 bits per heavy atom. The van der Waals surface area contributed by atoms with Crippen LogP contribution in [0.2, 0.25) is 0 Å². The van der Waals surface area contributed by atoms with E-state index in [-0.39, 0.29) is 18.6 Å². The number of imidazole rings is 1. The van der Waals surface area contributed by atoms with E-state index >= 15 is 0 Å². The molecule has 0 radical (unpaired) electrons. The molecule has 154 valence electrons. The SMILES string of the molecule is NC(=O)CC(N)C(=O)O.NC(CS)C(=O)O.NC(Cc1cnc[nH]1)C(=O)O. The Morgan fingerprint density at radius 3 is 1.70 bits per heavy atom. The topological polar surface area (TPSA) is 262 Å². The molecule has 27 heavy (non-hydrogen) atoms. The van der Waals surface area contributed by atoms with E-state index in [2.05, 4.69) is 28.3 Å². The van der Waals surface area contributed by atoms with E-state index in [0.29, 0.717) is 0 Å². The van der Waals surface area contributed by atoms with Crippen molar-refractivity contribution in [1.82, 2.24) is 9.97 Å². The number of carboxylic acids is 3. The van der Waals surface area contributed by atoms with E-state index in [0.717, 1.165) is 5.69 Å². The Morgan fingerprint density at radius 2 is 1.48 bits per heavy atom. The summed E-state index contributed by atoms with van der Waals surface area (Å²) in [5, 5.41) is 24.5. The van der Waals surface area contributed by atoms with Gasteiger partial charge in [-0.3, -0.25) is 19.2 Å². The number of primary amides is 1. The fourth-order valence-corrected chi connectivity index (χ4v) is 1.26. The summed E-state index contributed by atoms with van der Waals surface area (Å²) in [4.78, 5) is 46.4. The van der Waals surface area contributed by atoms with Crippen molar-refractivity contribution in [3.63, 3.8) is 0 Å². The van der Waals surface area contributed by atoms with Gasteiger partial charge in [0.05, 0.1) is 12.7 Å². The van der Waals surface area contributed by atoms with Crippen LogP contribution in [0.4, 0.5) is 0 Å². The number of hydrogen-bond donors (Lipinski definition) is 9. The predicted molar refractivity (Wildman–Crippen MR) is 96.8 cm³/mol. The number of aromatic amines is 1. The molecule has 0 fully saturated rings. The number of aromatic nitrogens is 2. The summed E-state index contributed by atoms with van der Waals surface area (Å²) < 4.78 is 0. The van der Waals surface area contributed by atoms with E-state index in [1.807, 2.05) is 0 Å². The number of carboxylic acid groups (broad SMARTS) is 3. The van der Waals surface area contributed by atoms with E-state index in [1.54, 1.807) is 6.20 Å². The van der Waals surface area contributed by atoms with Crippen LogP contribution in [0.3, 0.4) is 0 Å². The van der Waals surface area contributed by atoms with Crippen molar-refractivity contribution in [3.05, 3.63) is 18.2 Å². The molecule has 14 heteroatoms. The molecule has 0 aliphatic rings. The van der Waals surface area contributed by atoms with Gasteiger partial charge in [-0.25, -0.2) is 4.98 Å². The van der Waals surface area contributed by atoms with Crippen molar-refractivity contribution in [1.29, 1.82) is 0 Å². The number of aliphatic carboxylic acids is 3. The molecule has 0 aliphatic carbocycles. The van der Waals surface area contributed by atoms with E-state index in [1.165, 1.54) is 6.33 Å². The molecule has 13 nitrogen and oxygen atoms in total. The first-order valence-electron chi connectivity index (χ1n) is 7.23. The van der Waals surface area contributed by atoms with Crippen molar-refractivity contribution in [3.8, 4) is 0 Å². The van der Waals surface area contributed by atoms with Crippen LogP contribution in [0.25, 0.3) is 0 Å². The number of rotatable bonds is 8. The quantitative estimate of drug-likeness (QED) is 0.195. The zero-order valence-corrected chi connectivity index (χ0v) is 15.1. The average molecular weight is 408 g/mol. The molecular formula is C13H24N6O7S. The van der Waals surface area contributed by atoms with Gasteiger partial charge >= 0.3 is 17.9 Å². The third-order valence-corrected chi connectivity index (χ3v) is 2.96. The first-order chi connectivity index (χ1) is 12.4. The van der Waals surface area contributed by atoms with Crippen LogP contribution in [0.15, 0.2) is 12.5 Å². The standard InChI is InChI=1S/C6H9N3O2.C4H8N2O3.C3H7NO2S/c7-5(6(10)11)1-4-2-8-3-9-4;5-2(4(8)9)1-3(6)7;4-2(1-7)3(5)6/h2-3,5H,1,7H2,(H,8,9)(H,10,11);2H,1,5H2,(H2,6,7)(H,8,9);2,7H,1,4H2,(H,5,6). The molecule has 1 amide bonds. The van der Waals surface area contributed by atoms with Gasteiger partial charge in [0, 0.05) is 24.1 Å². The molecule has 3 unspecified atom stereocenters. The lowest BCUT2D eigenvalue weighted by atomic mass is 10.2. The van der Waals surface area contributed by atoms with Crippen molar-refractivity contribution >= 4 is 36.4 Å². The molecule has 0 saturated heterocycles. The molecule has 0 bridgehead atoms. The summed E-state index contributed by atoms with van der Waals surface area (Å²) in [5.74, 6) is -3.73. The van der Waals surface area contributed by atoms with Crippen molar-refractivity contribution < 1.29 is 34.5 Å². The lowest BCUT2D eigenvalue weighted by Crippen LogP contribution is -2.34. The second kappa shape index (κ2) is 14.5. The van der Waals surface area contributed by atoms with Crippen molar-refractivity contribution in [2.24, 2.45) is 22.9 Å². The highest BCUT2D eigenvalue weighted by Crippen LogP contribution is 1.95. The first kappa shape index (κ1) is 26.5. The molecule has 3 atom stereocenters. The van der Waals surface area contributed by atoms with Crippen LogP contribution in [0.5, 0.6) is 0 Å². The lowest BCUT2D eigenvalue weighted by molar-refractivity contribution is -0.140. The maximum Gasteiger partial charge on any atom is 0.321 e. The Hall–Kier alpha value is -2.68. The van der Waals surface area contributed by atoms with Crippen LogP contribution in [0, 0.1) is 0 Å². The Labute approximate surface area is 159 Å². The largest absolute Gasteiger partial charge is 0.480 e. The highest BCUT2D eigenvalue weighted by atomic mass is 32.1. The van der Waals surface area contributed by atoms with E-state index in [9.17, 15) is 19.2 Å². The number of carbonyl (C=O) groups excluding carboxylic acids is 1. The van der Waals surface area contributed by atoms with Gasteiger partial charge in [0.1, 0.15) is 18.1 Å². The van der Waals surface area contributed by atoms with E-state index < -0.39 is 41.9 Å². The molecule has 1 rings (SSSR count). The van der Waals surface area contributed by atoms with Gasteiger partial charge in [0.2, 0.25) is 5.91 Å². The highest BCUT2D eigenvalue weighted by molar-refractivity contribution is 7.80. The molecule has 0 spiro atoms. The number of thiol groups is 1. The first-order valence-corrected chi connectivity index (χ1v) is 7.87. The van der Waals surface area contributed by atoms with Gasteiger partial charge in [-0.1, -0.05) is 0 Å². The number of nitrogens with zero attached hydrogens (tertiary/aromatic N) is 1. The third-order valence-electron chi connectivity index (χ3n) is 2.56. The number of nitrogens with one attached hydrogen (secondary N) is 1. The van der Waals surface area contributed by atoms with Crippen molar-refractivity contribution in [2.45, 2.75) is 31.0 Å².